The zero-order valence-corrected chi connectivity index (χ0v) is 13.3. The van der Waals surface area contributed by atoms with Gasteiger partial charge in [-0.25, -0.2) is 0 Å². The summed E-state index contributed by atoms with van der Waals surface area (Å²) >= 11 is 0. The van der Waals surface area contributed by atoms with E-state index in [-0.39, 0.29) is 22.7 Å². The van der Waals surface area contributed by atoms with Gasteiger partial charge < -0.3 is 9.16 Å². The molecule has 1 spiro atoms. The normalized spacial score (nSPS) is 33.2. The third-order valence-corrected chi connectivity index (χ3v) is 9.45. The Morgan fingerprint density at radius 2 is 2.00 bits per heavy atom. The van der Waals surface area contributed by atoms with Gasteiger partial charge in [0.15, 0.2) is 8.32 Å². The summed E-state index contributed by atoms with van der Waals surface area (Å²) in [5.74, 6) is -0.0410. The molecule has 1 saturated carbocycles. The maximum Gasteiger partial charge on any atom is 0.306 e. The van der Waals surface area contributed by atoms with Gasteiger partial charge in [0, 0.05) is 12.8 Å². The molecular formula is C14H26O3Si. The minimum absolute atomic E-state index is 0.0410. The molecule has 0 aromatic heterocycles. The van der Waals surface area contributed by atoms with E-state index in [0.29, 0.717) is 6.42 Å². The van der Waals surface area contributed by atoms with E-state index in [4.69, 9.17) is 9.16 Å². The lowest BCUT2D eigenvalue weighted by Crippen LogP contribution is -2.50. The second-order valence-electron chi connectivity index (χ2n) is 7.30. The van der Waals surface area contributed by atoms with Gasteiger partial charge in [-0.1, -0.05) is 20.8 Å². The lowest BCUT2D eigenvalue weighted by atomic mass is 9.96. The summed E-state index contributed by atoms with van der Waals surface area (Å²) in [7, 11) is -1.78. The van der Waals surface area contributed by atoms with Crippen LogP contribution in [0.4, 0.5) is 0 Å². The highest BCUT2D eigenvalue weighted by molar-refractivity contribution is 6.74. The average molecular weight is 270 g/mol. The lowest BCUT2D eigenvalue weighted by Gasteiger charge is -2.42. The van der Waals surface area contributed by atoms with Crippen LogP contribution in [0.2, 0.25) is 18.1 Å². The standard InChI is InChI=1S/C14H26O3Si/c1-13(2,3)18(4,5)17-11-7-6-9-14(11)10-8-12(15)16-14/h11H,6-10H2,1-5H3/t11-,14+/m1/s1. The first kappa shape index (κ1) is 14.1. The van der Waals surface area contributed by atoms with E-state index < -0.39 is 8.32 Å². The van der Waals surface area contributed by atoms with E-state index in [1.54, 1.807) is 0 Å². The molecule has 0 aromatic carbocycles. The van der Waals surface area contributed by atoms with Gasteiger partial charge in [-0.3, -0.25) is 4.79 Å². The monoisotopic (exact) mass is 270 g/mol. The molecule has 0 unspecified atom stereocenters. The molecular weight excluding hydrogens is 244 g/mol. The fourth-order valence-electron chi connectivity index (χ4n) is 2.75. The number of ether oxygens (including phenoxy) is 1. The molecule has 18 heavy (non-hydrogen) atoms. The van der Waals surface area contributed by atoms with Crippen LogP contribution in [0, 0.1) is 0 Å². The molecule has 0 radical (unpaired) electrons. The number of carbonyl (C=O) groups excluding carboxylic acids is 1. The fraction of sp³-hybridized carbons (Fsp3) is 0.929. The van der Waals surface area contributed by atoms with Crippen molar-refractivity contribution in [3.8, 4) is 0 Å². The maximum atomic E-state index is 11.4. The van der Waals surface area contributed by atoms with Crippen LogP contribution in [-0.2, 0) is 14.0 Å². The van der Waals surface area contributed by atoms with Gasteiger partial charge in [0.2, 0.25) is 0 Å². The number of carbonyl (C=O) groups is 1. The summed E-state index contributed by atoms with van der Waals surface area (Å²) in [4.78, 5) is 11.4. The molecule has 1 aliphatic carbocycles. The Bertz CT molecular complexity index is 345. The molecule has 0 N–H and O–H groups in total. The van der Waals surface area contributed by atoms with Crippen LogP contribution in [0.1, 0.15) is 52.9 Å². The minimum atomic E-state index is -1.78. The summed E-state index contributed by atoms with van der Waals surface area (Å²) in [6.07, 6.45) is 4.69. The number of hydrogen-bond donors (Lipinski definition) is 0. The molecule has 2 atom stereocenters. The Hall–Kier alpha value is -0.353. The minimum Gasteiger partial charge on any atom is -0.456 e. The molecule has 2 rings (SSSR count). The average Bonchev–Trinajstić information content (AvgIpc) is 2.74. The molecule has 0 bridgehead atoms. The van der Waals surface area contributed by atoms with E-state index in [9.17, 15) is 4.79 Å². The number of hydrogen-bond acceptors (Lipinski definition) is 3. The van der Waals surface area contributed by atoms with Crippen LogP contribution in [0.3, 0.4) is 0 Å². The van der Waals surface area contributed by atoms with E-state index in [1.165, 1.54) is 0 Å². The summed E-state index contributed by atoms with van der Waals surface area (Å²) < 4.78 is 12.2. The molecule has 3 nitrogen and oxygen atoms in total. The summed E-state index contributed by atoms with van der Waals surface area (Å²) in [6, 6.07) is 0. The zero-order valence-electron chi connectivity index (χ0n) is 12.3. The Morgan fingerprint density at radius 1 is 1.33 bits per heavy atom. The van der Waals surface area contributed by atoms with Crippen molar-refractivity contribution in [1.29, 1.82) is 0 Å². The predicted octanol–water partition coefficient (Wildman–Crippen LogP) is 3.64. The van der Waals surface area contributed by atoms with Crippen LogP contribution >= 0.6 is 0 Å². The first-order chi connectivity index (χ1) is 8.16. The highest BCUT2D eigenvalue weighted by Gasteiger charge is 2.53. The lowest BCUT2D eigenvalue weighted by molar-refractivity contribution is -0.154. The maximum absolute atomic E-state index is 11.4. The molecule has 2 fully saturated rings. The second kappa shape index (κ2) is 4.34. The number of rotatable bonds is 2. The van der Waals surface area contributed by atoms with Crippen LogP contribution in [-0.4, -0.2) is 26.0 Å². The van der Waals surface area contributed by atoms with Crippen LogP contribution in [0.25, 0.3) is 0 Å². The van der Waals surface area contributed by atoms with E-state index in [2.05, 4.69) is 33.9 Å². The van der Waals surface area contributed by atoms with Gasteiger partial charge in [0.05, 0.1) is 6.10 Å². The van der Waals surface area contributed by atoms with E-state index in [1.807, 2.05) is 0 Å². The molecule has 2 aliphatic rings. The SMILES string of the molecule is CC(C)(C)[Si](C)(C)O[C@@H]1CCC[C@]12CCC(=O)O2. The molecule has 0 aromatic rings. The van der Waals surface area contributed by atoms with Gasteiger partial charge in [-0.15, -0.1) is 0 Å². The molecule has 1 aliphatic heterocycles. The smallest absolute Gasteiger partial charge is 0.306 e. The fourth-order valence-corrected chi connectivity index (χ4v) is 4.15. The van der Waals surface area contributed by atoms with Crippen LogP contribution < -0.4 is 0 Å². The zero-order chi connectivity index (χ0) is 13.6. The highest BCUT2D eigenvalue weighted by atomic mass is 28.4. The summed E-state index contributed by atoms with van der Waals surface area (Å²) in [5, 5.41) is 0.208. The van der Waals surface area contributed by atoms with Crippen molar-refractivity contribution < 1.29 is 14.0 Å². The third-order valence-electron chi connectivity index (χ3n) is 4.97. The predicted molar refractivity (Wildman–Crippen MR) is 74.0 cm³/mol. The molecule has 1 saturated heterocycles. The summed E-state index contributed by atoms with van der Waals surface area (Å²) in [5.41, 5.74) is -0.285. The van der Waals surface area contributed by atoms with Crippen molar-refractivity contribution in [3.05, 3.63) is 0 Å². The van der Waals surface area contributed by atoms with E-state index in [0.717, 1.165) is 25.7 Å². The van der Waals surface area contributed by atoms with Crippen LogP contribution in [0.15, 0.2) is 0 Å². The van der Waals surface area contributed by atoms with Crippen molar-refractivity contribution in [2.45, 2.75) is 82.7 Å². The number of esters is 1. The topological polar surface area (TPSA) is 35.5 Å². The van der Waals surface area contributed by atoms with Gasteiger partial charge >= 0.3 is 5.97 Å². The van der Waals surface area contributed by atoms with Crippen molar-refractivity contribution in [2.75, 3.05) is 0 Å². The quantitative estimate of drug-likeness (QED) is 0.568. The largest absolute Gasteiger partial charge is 0.456 e. The second-order valence-corrected chi connectivity index (χ2v) is 12.1. The highest BCUT2D eigenvalue weighted by Crippen LogP contribution is 2.47. The Morgan fingerprint density at radius 3 is 2.50 bits per heavy atom. The van der Waals surface area contributed by atoms with Gasteiger partial charge in [-0.05, 0) is 37.4 Å². The Labute approximate surface area is 111 Å². The molecule has 1 heterocycles. The molecule has 4 heteroatoms. The van der Waals surface area contributed by atoms with Crippen LogP contribution in [0.5, 0.6) is 0 Å². The van der Waals surface area contributed by atoms with E-state index >= 15 is 0 Å². The first-order valence-corrected chi connectivity index (χ1v) is 9.97. The molecule has 104 valence electrons. The summed E-state index contributed by atoms with van der Waals surface area (Å²) in [6.45, 7) is 11.3. The van der Waals surface area contributed by atoms with Crippen molar-refractivity contribution in [3.63, 3.8) is 0 Å². The van der Waals surface area contributed by atoms with Crippen molar-refractivity contribution in [1.82, 2.24) is 0 Å². The Balaban J connectivity index is 2.12. The third kappa shape index (κ3) is 2.37. The van der Waals surface area contributed by atoms with Gasteiger partial charge in [-0.2, -0.15) is 0 Å². The first-order valence-electron chi connectivity index (χ1n) is 7.06. The Kier molecular flexibility index (Phi) is 3.39. The van der Waals surface area contributed by atoms with Crippen molar-refractivity contribution >= 4 is 14.3 Å². The molecule has 0 amide bonds. The van der Waals surface area contributed by atoms with Gasteiger partial charge in [0.1, 0.15) is 5.60 Å². The van der Waals surface area contributed by atoms with Gasteiger partial charge in [0.25, 0.3) is 0 Å². The van der Waals surface area contributed by atoms with Crippen molar-refractivity contribution in [2.24, 2.45) is 0 Å².